The van der Waals surface area contributed by atoms with Gasteiger partial charge >= 0.3 is 5.97 Å². The Bertz CT molecular complexity index is 771. The van der Waals surface area contributed by atoms with Gasteiger partial charge in [0.2, 0.25) is 5.78 Å². The average Bonchev–Trinajstić information content (AvgIpc) is 3.34. The van der Waals surface area contributed by atoms with Crippen LogP contribution in [0.1, 0.15) is 116 Å². The molecule has 0 aromatic carbocycles. The second-order valence-corrected chi connectivity index (χ2v) is 11.4. The van der Waals surface area contributed by atoms with Crippen LogP contribution in [0.3, 0.4) is 0 Å². The number of ether oxygens (including phenoxy) is 3. The molecule has 0 radical (unpaired) electrons. The normalized spacial score (nSPS) is 20.5. The summed E-state index contributed by atoms with van der Waals surface area (Å²) >= 11 is 0. The fourth-order valence-corrected chi connectivity index (χ4v) is 5.84. The molecule has 1 saturated carbocycles. The van der Waals surface area contributed by atoms with Crippen molar-refractivity contribution in [2.75, 3.05) is 39.4 Å². The number of esters is 1. The van der Waals surface area contributed by atoms with E-state index >= 15 is 0 Å². The minimum Gasteiger partial charge on any atom is -0.465 e. The minimum atomic E-state index is -1.38. The fourth-order valence-electron chi connectivity index (χ4n) is 5.84. The summed E-state index contributed by atoms with van der Waals surface area (Å²) in [6.45, 7) is 5.33. The van der Waals surface area contributed by atoms with Crippen molar-refractivity contribution in [3.63, 3.8) is 0 Å². The SMILES string of the molecule is CCCCCCCCCCCCCCOC1=CC(=O)C(C(=O)OCC(=O)N2CCN(C3CCCCC3)CC2)O1. The van der Waals surface area contributed by atoms with Crippen LogP contribution in [0.25, 0.3) is 0 Å². The summed E-state index contributed by atoms with van der Waals surface area (Å²) in [5.41, 5.74) is 0. The first kappa shape index (κ1) is 31.4. The highest BCUT2D eigenvalue weighted by Gasteiger charge is 2.37. The number of rotatable bonds is 18. The molecule has 0 N–H and O–H groups in total. The molecule has 39 heavy (non-hydrogen) atoms. The van der Waals surface area contributed by atoms with Crippen molar-refractivity contribution in [1.82, 2.24) is 9.80 Å². The molecule has 0 spiro atoms. The van der Waals surface area contributed by atoms with Crippen molar-refractivity contribution in [2.24, 2.45) is 0 Å². The van der Waals surface area contributed by atoms with Crippen molar-refractivity contribution in [2.45, 2.75) is 128 Å². The van der Waals surface area contributed by atoms with Crippen molar-refractivity contribution in [3.05, 3.63) is 12.0 Å². The van der Waals surface area contributed by atoms with E-state index in [0.29, 0.717) is 25.7 Å². The highest BCUT2D eigenvalue weighted by atomic mass is 16.7. The number of carbonyl (C=O) groups excluding carboxylic acids is 3. The molecule has 8 nitrogen and oxygen atoms in total. The van der Waals surface area contributed by atoms with Crippen LogP contribution in [0, 0.1) is 0 Å². The van der Waals surface area contributed by atoms with Gasteiger partial charge in [-0.2, -0.15) is 0 Å². The van der Waals surface area contributed by atoms with Crippen molar-refractivity contribution in [3.8, 4) is 0 Å². The number of ketones is 1. The molecule has 1 amide bonds. The quantitative estimate of drug-likeness (QED) is 0.126. The van der Waals surface area contributed by atoms with Gasteiger partial charge in [0.15, 0.2) is 6.61 Å². The first-order valence-electron chi connectivity index (χ1n) is 15.8. The summed E-state index contributed by atoms with van der Waals surface area (Å²) in [5, 5.41) is 0. The highest BCUT2D eigenvalue weighted by molar-refractivity contribution is 6.09. The van der Waals surface area contributed by atoms with Crippen LogP contribution >= 0.6 is 0 Å². The molecule has 0 aromatic rings. The molecule has 3 aliphatic rings. The van der Waals surface area contributed by atoms with Gasteiger partial charge in [0.05, 0.1) is 12.7 Å². The van der Waals surface area contributed by atoms with Crippen molar-refractivity contribution in [1.29, 1.82) is 0 Å². The number of carbonyl (C=O) groups is 3. The third-order valence-corrected chi connectivity index (χ3v) is 8.30. The van der Waals surface area contributed by atoms with E-state index in [4.69, 9.17) is 14.2 Å². The van der Waals surface area contributed by atoms with Gasteiger partial charge in [-0.05, 0) is 19.3 Å². The summed E-state index contributed by atoms with van der Waals surface area (Å²) in [6.07, 6.45) is 21.4. The van der Waals surface area contributed by atoms with E-state index in [2.05, 4.69) is 11.8 Å². The second-order valence-electron chi connectivity index (χ2n) is 11.4. The molecule has 3 rings (SSSR count). The van der Waals surface area contributed by atoms with Crippen LogP contribution in [-0.4, -0.2) is 79.0 Å². The summed E-state index contributed by atoms with van der Waals surface area (Å²) in [5.74, 6) is -1.50. The molecule has 0 aromatic heterocycles. The lowest BCUT2D eigenvalue weighted by atomic mass is 9.94. The maximum Gasteiger partial charge on any atom is 0.356 e. The largest absolute Gasteiger partial charge is 0.465 e. The van der Waals surface area contributed by atoms with Gasteiger partial charge in [-0.1, -0.05) is 96.8 Å². The van der Waals surface area contributed by atoms with Gasteiger partial charge in [-0.3, -0.25) is 14.5 Å². The van der Waals surface area contributed by atoms with Crippen LogP contribution in [0.2, 0.25) is 0 Å². The molecule has 222 valence electrons. The monoisotopic (exact) mass is 548 g/mol. The Morgan fingerprint density at radius 3 is 2.05 bits per heavy atom. The van der Waals surface area contributed by atoms with Crippen LogP contribution in [0.5, 0.6) is 0 Å². The van der Waals surface area contributed by atoms with E-state index in [-0.39, 0.29) is 18.5 Å². The number of amides is 1. The first-order valence-corrected chi connectivity index (χ1v) is 15.8. The predicted molar refractivity (Wildman–Crippen MR) is 151 cm³/mol. The Morgan fingerprint density at radius 1 is 0.846 bits per heavy atom. The van der Waals surface area contributed by atoms with Gasteiger partial charge in [0.25, 0.3) is 18.0 Å². The number of hydrogen-bond acceptors (Lipinski definition) is 7. The number of hydrogen-bond donors (Lipinski definition) is 0. The van der Waals surface area contributed by atoms with Crippen molar-refractivity contribution < 1.29 is 28.6 Å². The molecule has 0 bridgehead atoms. The minimum absolute atomic E-state index is 0.0650. The Hall–Kier alpha value is -2.09. The molecule has 1 saturated heterocycles. The molecule has 1 unspecified atom stereocenters. The fraction of sp³-hybridized carbons (Fsp3) is 0.839. The molecular weight excluding hydrogens is 496 g/mol. The van der Waals surface area contributed by atoms with Gasteiger partial charge in [0.1, 0.15) is 0 Å². The molecule has 2 fully saturated rings. The van der Waals surface area contributed by atoms with E-state index in [1.165, 1.54) is 102 Å². The molecular formula is C31H52N2O6. The van der Waals surface area contributed by atoms with Crippen LogP contribution in [-0.2, 0) is 28.6 Å². The predicted octanol–water partition coefficient (Wildman–Crippen LogP) is 5.53. The van der Waals surface area contributed by atoms with E-state index in [0.717, 1.165) is 25.9 Å². The highest BCUT2D eigenvalue weighted by Crippen LogP contribution is 2.23. The molecule has 1 aliphatic carbocycles. The molecule has 8 heteroatoms. The topological polar surface area (TPSA) is 85.4 Å². The van der Waals surface area contributed by atoms with Gasteiger partial charge in [-0.15, -0.1) is 0 Å². The smallest absolute Gasteiger partial charge is 0.356 e. The molecule has 1 atom stereocenters. The van der Waals surface area contributed by atoms with Crippen LogP contribution in [0.4, 0.5) is 0 Å². The second kappa shape index (κ2) is 18.3. The number of unbranched alkanes of at least 4 members (excludes halogenated alkanes) is 11. The van der Waals surface area contributed by atoms with E-state index in [9.17, 15) is 14.4 Å². The van der Waals surface area contributed by atoms with Gasteiger partial charge in [-0.25, -0.2) is 4.79 Å². The Morgan fingerprint density at radius 2 is 1.44 bits per heavy atom. The zero-order valence-corrected chi connectivity index (χ0v) is 24.3. The maximum absolute atomic E-state index is 12.6. The van der Waals surface area contributed by atoms with E-state index < -0.39 is 17.9 Å². The van der Waals surface area contributed by atoms with Gasteiger partial charge < -0.3 is 19.1 Å². The first-order chi connectivity index (χ1) is 19.1. The lowest BCUT2D eigenvalue weighted by Gasteiger charge is -2.40. The molecule has 2 aliphatic heterocycles. The zero-order chi connectivity index (χ0) is 27.7. The summed E-state index contributed by atoms with van der Waals surface area (Å²) in [7, 11) is 0. The summed E-state index contributed by atoms with van der Waals surface area (Å²) in [4.78, 5) is 41.4. The van der Waals surface area contributed by atoms with E-state index in [1.807, 2.05) is 0 Å². The van der Waals surface area contributed by atoms with Crippen LogP contribution < -0.4 is 0 Å². The van der Waals surface area contributed by atoms with Crippen molar-refractivity contribution >= 4 is 17.7 Å². The average molecular weight is 549 g/mol. The Balaban J connectivity index is 1.19. The standard InChI is InChI=1S/C31H52N2O6/c1-2-3-4-5-6-7-8-9-10-11-12-16-23-37-29-24-27(34)30(39-29)31(36)38-25-28(35)33-21-19-32(20-22-33)26-17-14-13-15-18-26/h24,26,30H,2-23,25H2,1H3. The Labute approximate surface area is 235 Å². The maximum atomic E-state index is 12.6. The van der Waals surface area contributed by atoms with Crippen LogP contribution in [0.15, 0.2) is 12.0 Å². The third kappa shape index (κ3) is 11.5. The summed E-state index contributed by atoms with van der Waals surface area (Å²) in [6, 6.07) is 0.642. The van der Waals surface area contributed by atoms with Gasteiger partial charge in [0, 0.05) is 32.2 Å². The Kier molecular flexibility index (Phi) is 14.7. The number of piperazine rings is 1. The summed E-state index contributed by atoms with van der Waals surface area (Å²) < 4.78 is 16.1. The third-order valence-electron chi connectivity index (χ3n) is 8.30. The zero-order valence-electron chi connectivity index (χ0n) is 24.3. The lowest BCUT2D eigenvalue weighted by molar-refractivity contribution is -0.163. The van der Waals surface area contributed by atoms with E-state index in [1.54, 1.807) is 4.90 Å². The molecule has 2 heterocycles. The lowest BCUT2D eigenvalue weighted by Crippen LogP contribution is -2.53. The number of nitrogens with zero attached hydrogens (tertiary/aromatic N) is 2.